The molecule has 0 radical (unpaired) electrons. The van der Waals surface area contributed by atoms with Crippen LogP contribution in [0.15, 0.2) is 42.5 Å². The lowest BCUT2D eigenvalue weighted by Gasteiger charge is -2.32. The van der Waals surface area contributed by atoms with Crippen LogP contribution < -0.4 is 5.32 Å². The fourth-order valence-electron chi connectivity index (χ4n) is 3.41. The van der Waals surface area contributed by atoms with Gasteiger partial charge in [-0.2, -0.15) is 8.75 Å². The molecular weight excluding hydrogens is 379 g/mol. The van der Waals surface area contributed by atoms with Gasteiger partial charge in [0.1, 0.15) is 16.9 Å². The number of fused-ring (bicyclic) bond motifs is 1. The normalized spacial score (nSPS) is 15.0. The van der Waals surface area contributed by atoms with Crippen LogP contribution in [0.25, 0.3) is 11.0 Å². The first-order valence-corrected chi connectivity index (χ1v) is 9.89. The average Bonchev–Trinajstić information content (AvgIpc) is 3.20. The number of benzene rings is 2. The molecule has 1 aliphatic rings. The fourth-order valence-corrected chi connectivity index (χ4v) is 3.93. The van der Waals surface area contributed by atoms with Crippen LogP contribution in [-0.4, -0.2) is 45.1 Å². The van der Waals surface area contributed by atoms with E-state index in [0.717, 1.165) is 35.6 Å². The molecule has 1 saturated heterocycles. The summed E-state index contributed by atoms with van der Waals surface area (Å²) in [7, 11) is 0. The summed E-state index contributed by atoms with van der Waals surface area (Å²) in [6.45, 7) is 1.67. The monoisotopic (exact) mass is 398 g/mol. The smallest absolute Gasteiger partial charge is 0.256 e. The van der Waals surface area contributed by atoms with Crippen LogP contribution >= 0.6 is 11.7 Å². The minimum Gasteiger partial charge on any atom is -0.352 e. The van der Waals surface area contributed by atoms with E-state index in [1.54, 1.807) is 35.2 Å². The van der Waals surface area contributed by atoms with Crippen LogP contribution in [0.1, 0.15) is 33.6 Å². The summed E-state index contributed by atoms with van der Waals surface area (Å²) in [5.74, 6) is -0.613. The predicted octanol–water partition coefficient (Wildman–Crippen LogP) is 3.11. The van der Waals surface area contributed by atoms with Crippen molar-refractivity contribution in [3.63, 3.8) is 0 Å². The second kappa shape index (κ2) is 8.02. The number of likely N-dealkylation sites (tertiary alicyclic amines) is 1. The summed E-state index contributed by atoms with van der Waals surface area (Å²) in [6.07, 6.45) is 1.55. The number of hydrogen-bond donors (Lipinski definition) is 1. The quantitative estimate of drug-likeness (QED) is 0.733. The van der Waals surface area contributed by atoms with E-state index in [4.69, 9.17) is 0 Å². The van der Waals surface area contributed by atoms with Gasteiger partial charge in [-0.15, -0.1) is 0 Å². The molecule has 2 aromatic carbocycles. The summed E-state index contributed by atoms with van der Waals surface area (Å²) in [6, 6.07) is 11.3. The molecule has 1 N–H and O–H groups in total. The van der Waals surface area contributed by atoms with Gasteiger partial charge in [-0.3, -0.25) is 9.59 Å². The highest BCUT2D eigenvalue weighted by atomic mass is 32.1. The maximum Gasteiger partial charge on any atom is 0.256 e. The zero-order chi connectivity index (χ0) is 19.5. The van der Waals surface area contributed by atoms with E-state index in [1.165, 1.54) is 12.1 Å². The zero-order valence-corrected chi connectivity index (χ0v) is 15.9. The van der Waals surface area contributed by atoms with Crippen molar-refractivity contribution in [3.8, 4) is 0 Å². The molecule has 3 aromatic rings. The molecule has 1 fully saturated rings. The van der Waals surface area contributed by atoms with E-state index < -0.39 is 5.82 Å². The van der Waals surface area contributed by atoms with Crippen LogP contribution in [0.3, 0.4) is 0 Å². The number of hydrogen-bond acceptors (Lipinski definition) is 5. The fraction of sp³-hybridized carbons (Fsp3) is 0.300. The minimum absolute atomic E-state index is 0.112. The van der Waals surface area contributed by atoms with Gasteiger partial charge in [0.05, 0.1) is 17.3 Å². The van der Waals surface area contributed by atoms with Gasteiger partial charge in [-0.25, -0.2) is 4.39 Å². The molecule has 0 saturated carbocycles. The standard InChI is InChI=1S/C20H19FN4O2S/c21-16-4-2-1-3-15(16)20(27)25-9-7-13(8-10-25)12-22-19(26)14-5-6-17-18(11-14)24-28-23-17/h1-6,11,13H,7-10,12H2,(H,22,26). The van der Waals surface area contributed by atoms with Gasteiger partial charge >= 0.3 is 0 Å². The van der Waals surface area contributed by atoms with Crippen molar-refractivity contribution in [2.75, 3.05) is 19.6 Å². The minimum atomic E-state index is -0.492. The number of nitrogens with one attached hydrogen (secondary N) is 1. The Morgan fingerprint density at radius 3 is 2.64 bits per heavy atom. The van der Waals surface area contributed by atoms with Crippen molar-refractivity contribution >= 4 is 34.6 Å². The number of carbonyl (C=O) groups is 2. The van der Waals surface area contributed by atoms with Crippen LogP contribution in [0.2, 0.25) is 0 Å². The molecule has 0 spiro atoms. The van der Waals surface area contributed by atoms with Gasteiger partial charge in [-0.1, -0.05) is 12.1 Å². The molecule has 8 heteroatoms. The number of carbonyl (C=O) groups excluding carboxylic acids is 2. The highest BCUT2D eigenvalue weighted by Gasteiger charge is 2.25. The molecule has 28 heavy (non-hydrogen) atoms. The Hall–Kier alpha value is -2.87. The van der Waals surface area contributed by atoms with Gasteiger partial charge in [0.15, 0.2) is 0 Å². The second-order valence-electron chi connectivity index (χ2n) is 6.89. The van der Waals surface area contributed by atoms with Crippen LogP contribution in [0.4, 0.5) is 4.39 Å². The molecule has 0 atom stereocenters. The lowest BCUT2D eigenvalue weighted by Crippen LogP contribution is -2.41. The van der Waals surface area contributed by atoms with Crippen molar-refractivity contribution in [1.82, 2.24) is 19.0 Å². The molecule has 1 aliphatic heterocycles. The third-order valence-corrected chi connectivity index (χ3v) is 5.63. The number of nitrogens with zero attached hydrogens (tertiary/aromatic N) is 3. The van der Waals surface area contributed by atoms with Crippen molar-refractivity contribution in [1.29, 1.82) is 0 Å². The van der Waals surface area contributed by atoms with Crippen molar-refractivity contribution in [2.24, 2.45) is 5.92 Å². The van der Waals surface area contributed by atoms with Crippen LogP contribution in [0, 0.1) is 11.7 Å². The third-order valence-electron chi connectivity index (χ3n) is 5.07. The largest absolute Gasteiger partial charge is 0.352 e. The number of rotatable bonds is 4. The maximum absolute atomic E-state index is 13.8. The van der Waals surface area contributed by atoms with Crippen molar-refractivity contribution in [3.05, 3.63) is 59.4 Å². The molecule has 1 aromatic heterocycles. The number of aromatic nitrogens is 2. The highest BCUT2D eigenvalue weighted by Crippen LogP contribution is 2.20. The molecule has 0 bridgehead atoms. The van der Waals surface area contributed by atoms with Gasteiger partial charge < -0.3 is 10.2 Å². The highest BCUT2D eigenvalue weighted by molar-refractivity contribution is 7.00. The average molecular weight is 398 g/mol. The molecule has 4 rings (SSSR count). The van der Waals surface area contributed by atoms with E-state index in [2.05, 4.69) is 14.1 Å². The summed E-state index contributed by atoms with van der Waals surface area (Å²) in [5, 5.41) is 2.96. The lowest BCUT2D eigenvalue weighted by molar-refractivity contribution is 0.0679. The molecule has 0 aliphatic carbocycles. The topological polar surface area (TPSA) is 75.2 Å². The van der Waals surface area contributed by atoms with Gasteiger partial charge in [0.25, 0.3) is 11.8 Å². The zero-order valence-electron chi connectivity index (χ0n) is 15.1. The Balaban J connectivity index is 1.29. The molecule has 2 amide bonds. The van der Waals surface area contributed by atoms with Gasteiger partial charge in [-0.05, 0) is 49.1 Å². The molecule has 2 heterocycles. The molecule has 0 unspecified atom stereocenters. The lowest BCUT2D eigenvalue weighted by atomic mass is 9.96. The van der Waals surface area contributed by atoms with E-state index in [-0.39, 0.29) is 17.4 Å². The number of amides is 2. The SMILES string of the molecule is O=C(NCC1CCN(C(=O)c2ccccc2F)CC1)c1ccc2nsnc2c1. The Bertz CT molecular complexity index is 1010. The Kier molecular flexibility index (Phi) is 5.29. The Morgan fingerprint density at radius 1 is 1.11 bits per heavy atom. The first-order chi connectivity index (χ1) is 13.6. The second-order valence-corrected chi connectivity index (χ2v) is 7.42. The third kappa shape index (κ3) is 3.87. The number of halogens is 1. The summed E-state index contributed by atoms with van der Waals surface area (Å²) in [4.78, 5) is 26.5. The summed E-state index contributed by atoms with van der Waals surface area (Å²) < 4.78 is 22.1. The number of piperidine rings is 1. The van der Waals surface area contributed by atoms with Crippen molar-refractivity contribution < 1.29 is 14.0 Å². The maximum atomic E-state index is 13.8. The summed E-state index contributed by atoms with van der Waals surface area (Å²) in [5.41, 5.74) is 2.18. The Morgan fingerprint density at radius 2 is 1.86 bits per heavy atom. The molecule has 144 valence electrons. The Labute approximate surface area is 165 Å². The van der Waals surface area contributed by atoms with E-state index >= 15 is 0 Å². The first-order valence-electron chi connectivity index (χ1n) is 9.16. The first kappa shape index (κ1) is 18.5. The predicted molar refractivity (Wildman–Crippen MR) is 105 cm³/mol. The molecular formula is C20H19FN4O2S. The van der Waals surface area contributed by atoms with Crippen LogP contribution in [0.5, 0.6) is 0 Å². The summed E-state index contributed by atoms with van der Waals surface area (Å²) >= 11 is 1.12. The van der Waals surface area contributed by atoms with Crippen molar-refractivity contribution in [2.45, 2.75) is 12.8 Å². The van der Waals surface area contributed by atoms with Gasteiger partial charge in [0, 0.05) is 25.2 Å². The van der Waals surface area contributed by atoms with E-state index in [1.807, 2.05) is 0 Å². The van der Waals surface area contributed by atoms with Gasteiger partial charge in [0.2, 0.25) is 0 Å². The molecule has 6 nitrogen and oxygen atoms in total. The van der Waals surface area contributed by atoms with Crippen LogP contribution in [-0.2, 0) is 0 Å². The van der Waals surface area contributed by atoms with E-state index in [0.29, 0.717) is 31.1 Å². The van der Waals surface area contributed by atoms with E-state index in [9.17, 15) is 14.0 Å².